The van der Waals surface area contributed by atoms with Crippen LogP contribution in [0.5, 0.6) is 0 Å². The quantitative estimate of drug-likeness (QED) is 0.761. The maximum atomic E-state index is 10.9. The van der Waals surface area contributed by atoms with Crippen molar-refractivity contribution in [3.8, 4) is 6.07 Å². The molecule has 0 fully saturated rings. The molecule has 1 rings (SSSR count). The summed E-state index contributed by atoms with van der Waals surface area (Å²) in [6, 6.07) is 8.33. The van der Waals surface area contributed by atoms with Crippen LogP contribution >= 0.6 is 0 Å². The maximum absolute atomic E-state index is 10.9. The Labute approximate surface area is 109 Å². The van der Waals surface area contributed by atoms with Crippen LogP contribution in [0.2, 0.25) is 0 Å². The normalized spacial score (nSPS) is 8.64. The largest absolute Gasteiger partial charge is 3.00 e. The number of nitriles is 1. The van der Waals surface area contributed by atoms with E-state index in [0.29, 0.717) is 12.0 Å². The van der Waals surface area contributed by atoms with E-state index in [1.54, 1.807) is 12.1 Å². The van der Waals surface area contributed by atoms with Gasteiger partial charge in [0.15, 0.2) is 0 Å². The van der Waals surface area contributed by atoms with E-state index in [1.165, 1.54) is 6.92 Å². The zero-order valence-electron chi connectivity index (χ0n) is 8.29. The van der Waals surface area contributed by atoms with Gasteiger partial charge in [0.1, 0.15) is 5.78 Å². The third-order valence-electron chi connectivity index (χ3n) is 1.87. The van der Waals surface area contributed by atoms with Crippen LogP contribution in [0.25, 0.3) is 0 Å². The van der Waals surface area contributed by atoms with Gasteiger partial charge < -0.3 is 0 Å². The fraction of sp³-hybridized carbons (Fsp3) is 0.273. The molecule has 66 valence electrons. The zero-order chi connectivity index (χ0) is 9.84. The second-order valence-electron chi connectivity index (χ2n) is 3.02. The second-order valence-corrected chi connectivity index (χ2v) is 3.02. The average molecular weight is 261 g/mol. The van der Waals surface area contributed by atoms with Crippen molar-refractivity contribution in [3.63, 3.8) is 0 Å². The van der Waals surface area contributed by atoms with Gasteiger partial charge in [-0.3, -0.25) is 4.79 Å². The van der Waals surface area contributed by atoms with Gasteiger partial charge >= 0.3 is 32.7 Å². The zero-order valence-corrected chi connectivity index (χ0v) is 11.1. The molecular formula is C11H10NOY+2. The third-order valence-corrected chi connectivity index (χ3v) is 1.87. The van der Waals surface area contributed by atoms with Crippen LogP contribution in [-0.2, 0) is 43.9 Å². The monoisotopic (exact) mass is 261 g/mol. The van der Waals surface area contributed by atoms with Crippen molar-refractivity contribution in [3.05, 3.63) is 34.9 Å². The number of carbonyl (C=O) groups is 1. The Kier molecular flexibility index (Phi) is 5.84. The van der Waals surface area contributed by atoms with Gasteiger partial charge in [-0.25, -0.2) is 5.26 Å². The molecule has 0 amide bonds. The van der Waals surface area contributed by atoms with Gasteiger partial charge in [0.2, 0.25) is 0 Å². The first-order chi connectivity index (χ1) is 6.15. The Balaban J connectivity index is 0.00000169. The van der Waals surface area contributed by atoms with Gasteiger partial charge in [-0.05, 0) is 6.92 Å². The SMILES string of the molecule is CC(=O)Cc1c(C)c[c-]cc1C#N.[Y+3]. The van der Waals surface area contributed by atoms with E-state index in [2.05, 4.69) is 12.1 Å². The summed E-state index contributed by atoms with van der Waals surface area (Å²) < 4.78 is 0. The number of hydrogen-bond donors (Lipinski definition) is 0. The molecule has 3 heteroatoms. The van der Waals surface area contributed by atoms with E-state index >= 15 is 0 Å². The Morgan fingerprint density at radius 2 is 2.21 bits per heavy atom. The summed E-state index contributed by atoms with van der Waals surface area (Å²) in [7, 11) is 0. The Hall–Kier alpha value is -0.516. The van der Waals surface area contributed by atoms with Crippen molar-refractivity contribution in [2.75, 3.05) is 0 Å². The molecule has 0 saturated heterocycles. The predicted octanol–water partition coefficient (Wildman–Crippen LogP) is 1.80. The Morgan fingerprint density at radius 1 is 1.57 bits per heavy atom. The molecule has 0 bridgehead atoms. The molecule has 0 atom stereocenters. The number of ketones is 1. The van der Waals surface area contributed by atoms with Gasteiger partial charge in [0, 0.05) is 12.5 Å². The number of carbonyl (C=O) groups excluding carboxylic acids is 1. The molecule has 0 aliphatic carbocycles. The molecular weight excluding hydrogens is 251 g/mol. The molecule has 14 heavy (non-hydrogen) atoms. The number of rotatable bonds is 2. The summed E-state index contributed by atoms with van der Waals surface area (Å²) in [6.45, 7) is 3.41. The molecule has 0 saturated carbocycles. The molecule has 1 aromatic rings. The molecule has 0 N–H and O–H groups in total. The van der Waals surface area contributed by atoms with Crippen LogP contribution in [-0.4, -0.2) is 5.78 Å². The molecule has 0 aromatic heterocycles. The van der Waals surface area contributed by atoms with Crippen molar-refractivity contribution in [2.24, 2.45) is 0 Å². The summed E-state index contributed by atoms with van der Waals surface area (Å²) in [4.78, 5) is 10.9. The van der Waals surface area contributed by atoms with Crippen molar-refractivity contribution < 1.29 is 37.5 Å². The van der Waals surface area contributed by atoms with Gasteiger partial charge in [-0.2, -0.15) is 23.8 Å². The number of nitrogens with zero attached hydrogens (tertiary/aromatic N) is 1. The second kappa shape index (κ2) is 6.06. The first kappa shape index (κ1) is 13.5. The van der Waals surface area contributed by atoms with Crippen LogP contribution < -0.4 is 0 Å². The smallest absolute Gasteiger partial charge is 0.300 e. The molecule has 0 radical (unpaired) electrons. The standard InChI is InChI=1S/C11H10NO.Y/c1-8-4-3-5-10(7-12)11(8)6-9(2)13;/h4-5H,6H2,1-2H3;/q-1;+3. The number of Topliss-reactive ketones (excluding diaryl/α,β-unsaturated/α-hetero) is 1. The summed E-state index contributed by atoms with van der Waals surface area (Å²) in [5.74, 6) is 0.0748. The van der Waals surface area contributed by atoms with E-state index in [9.17, 15) is 4.79 Å². The molecule has 1 aromatic carbocycles. The van der Waals surface area contributed by atoms with E-state index in [4.69, 9.17) is 5.26 Å². The number of hydrogen-bond acceptors (Lipinski definition) is 2. The maximum Gasteiger partial charge on any atom is 3.00 e. The average Bonchev–Trinajstić information content (AvgIpc) is 2.08. The van der Waals surface area contributed by atoms with Gasteiger partial charge in [-0.1, -0.05) is 12.5 Å². The fourth-order valence-corrected chi connectivity index (χ4v) is 1.22. The van der Waals surface area contributed by atoms with Crippen LogP contribution in [0.4, 0.5) is 0 Å². The predicted molar refractivity (Wildman–Crippen MR) is 49.1 cm³/mol. The molecule has 0 aliphatic heterocycles. The summed E-state index contributed by atoms with van der Waals surface area (Å²) in [5.41, 5.74) is 2.33. The minimum atomic E-state index is 0. The third kappa shape index (κ3) is 3.32. The van der Waals surface area contributed by atoms with Crippen molar-refractivity contribution in [2.45, 2.75) is 20.3 Å². The van der Waals surface area contributed by atoms with Gasteiger partial charge in [0.05, 0.1) is 0 Å². The summed E-state index contributed by atoms with van der Waals surface area (Å²) >= 11 is 0. The molecule has 0 aliphatic rings. The van der Waals surface area contributed by atoms with Crippen molar-refractivity contribution in [1.82, 2.24) is 0 Å². The fourth-order valence-electron chi connectivity index (χ4n) is 1.22. The van der Waals surface area contributed by atoms with E-state index < -0.39 is 0 Å². The van der Waals surface area contributed by atoms with Crippen LogP contribution in [0.15, 0.2) is 12.1 Å². The topological polar surface area (TPSA) is 40.9 Å². The summed E-state index contributed by atoms with van der Waals surface area (Å²) in [5, 5.41) is 8.77. The van der Waals surface area contributed by atoms with Crippen LogP contribution in [0.1, 0.15) is 23.6 Å². The molecule has 0 unspecified atom stereocenters. The van der Waals surface area contributed by atoms with Gasteiger partial charge in [-0.15, -0.1) is 5.56 Å². The number of aryl methyl sites for hydroxylation is 1. The first-order valence-corrected chi connectivity index (χ1v) is 4.04. The minimum Gasteiger partial charge on any atom is -0.300 e. The number of benzene rings is 1. The van der Waals surface area contributed by atoms with E-state index in [0.717, 1.165) is 11.1 Å². The van der Waals surface area contributed by atoms with E-state index in [1.807, 2.05) is 6.92 Å². The molecule has 2 nitrogen and oxygen atoms in total. The molecule has 0 spiro atoms. The Morgan fingerprint density at radius 3 is 2.71 bits per heavy atom. The van der Waals surface area contributed by atoms with Crippen LogP contribution in [0, 0.1) is 24.3 Å². The Bertz CT molecular complexity index is 379. The molecule has 0 heterocycles. The minimum absolute atomic E-state index is 0. The van der Waals surface area contributed by atoms with Crippen molar-refractivity contribution >= 4 is 5.78 Å². The summed E-state index contributed by atoms with van der Waals surface area (Å²) in [6.07, 6.45) is 0.337. The van der Waals surface area contributed by atoms with Gasteiger partial charge in [0.25, 0.3) is 0 Å². The van der Waals surface area contributed by atoms with E-state index in [-0.39, 0.29) is 38.5 Å². The first-order valence-electron chi connectivity index (χ1n) is 4.04. The van der Waals surface area contributed by atoms with Crippen molar-refractivity contribution in [1.29, 1.82) is 5.26 Å². The van der Waals surface area contributed by atoms with Crippen LogP contribution in [0.3, 0.4) is 0 Å².